The molecule has 1 atom stereocenters. The van der Waals surface area contributed by atoms with Gasteiger partial charge in [0, 0.05) is 31.1 Å². The van der Waals surface area contributed by atoms with Crippen LogP contribution in [0.5, 0.6) is 0 Å². The molecule has 4 aromatic rings. The Morgan fingerprint density at radius 3 is 2.85 bits per heavy atom. The zero-order valence-electron chi connectivity index (χ0n) is 17.7. The average Bonchev–Trinajstić information content (AvgIpc) is 3.49. The second kappa shape index (κ2) is 8.97. The van der Waals surface area contributed by atoms with Crippen LogP contribution in [0.3, 0.4) is 0 Å². The molecule has 5 rings (SSSR count). The maximum absolute atomic E-state index is 14.0. The number of likely N-dealkylation sites (tertiary alicyclic amines) is 1. The van der Waals surface area contributed by atoms with E-state index in [0.717, 1.165) is 18.4 Å². The number of amides is 1. The molecule has 1 saturated heterocycles. The van der Waals surface area contributed by atoms with E-state index in [1.54, 1.807) is 35.4 Å². The zero-order valence-corrected chi connectivity index (χ0v) is 17.7. The van der Waals surface area contributed by atoms with Gasteiger partial charge in [-0.05, 0) is 42.7 Å². The Labute approximate surface area is 188 Å². The Morgan fingerprint density at radius 1 is 1.12 bits per heavy atom. The van der Waals surface area contributed by atoms with Gasteiger partial charge >= 0.3 is 0 Å². The fourth-order valence-corrected chi connectivity index (χ4v) is 4.13. The van der Waals surface area contributed by atoms with Gasteiger partial charge in [-0.25, -0.2) is 13.8 Å². The second-order valence-electron chi connectivity index (χ2n) is 8.12. The minimum absolute atomic E-state index is 0.0575. The summed E-state index contributed by atoms with van der Waals surface area (Å²) in [5.41, 5.74) is 1.36. The number of oxazole rings is 1. The second-order valence-corrected chi connectivity index (χ2v) is 8.12. The molecule has 1 aliphatic rings. The van der Waals surface area contributed by atoms with Crippen LogP contribution in [-0.4, -0.2) is 34.0 Å². The van der Waals surface area contributed by atoms with Crippen LogP contribution in [0, 0.1) is 11.6 Å². The monoisotopic (exact) mass is 449 g/mol. The van der Waals surface area contributed by atoms with Gasteiger partial charge in [0.25, 0.3) is 5.91 Å². The predicted octanol–water partition coefficient (Wildman–Crippen LogP) is 5.22. The van der Waals surface area contributed by atoms with Gasteiger partial charge in [-0.15, -0.1) is 0 Å². The van der Waals surface area contributed by atoms with Crippen LogP contribution in [0.25, 0.3) is 11.3 Å². The normalized spacial score (nSPS) is 16.2. The van der Waals surface area contributed by atoms with Crippen molar-refractivity contribution < 1.29 is 22.5 Å². The van der Waals surface area contributed by atoms with E-state index in [-0.39, 0.29) is 34.7 Å². The lowest BCUT2D eigenvalue weighted by atomic mass is 9.97. The first-order valence-corrected chi connectivity index (χ1v) is 10.8. The van der Waals surface area contributed by atoms with E-state index in [2.05, 4.69) is 10.1 Å². The molecular formula is C25H21F2N3O3. The molecule has 168 valence electrons. The van der Waals surface area contributed by atoms with E-state index in [0.29, 0.717) is 31.2 Å². The van der Waals surface area contributed by atoms with E-state index in [9.17, 15) is 13.6 Å². The Hall–Kier alpha value is -3.81. The first kappa shape index (κ1) is 21.1. The highest BCUT2D eigenvalue weighted by atomic mass is 19.1. The molecular weight excluding hydrogens is 428 g/mol. The Bertz CT molecular complexity index is 1280. The van der Waals surface area contributed by atoms with Crippen LogP contribution in [-0.2, 0) is 6.42 Å². The average molecular weight is 449 g/mol. The molecule has 3 heterocycles. The number of halogens is 2. The smallest absolute Gasteiger partial charge is 0.292 e. The standard InChI is InChI=1S/C25H21F2N3O3/c26-18-7-3-5-16(11-18)12-19-14-28-24(32-19)17-6-4-10-30(15-17)25(31)23-13-22(29-33-23)20-8-1-2-9-21(20)27/h1-3,5,7-9,11,13-14,17H,4,6,10,12,15H2. The number of nitrogens with zero attached hydrogens (tertiary/aromatic N) is 3. The molecule has 0 aliphatic carbocycles. The predicted molar refractivity (Wildman–Crippen MR) is 115 cm³/mol. The van der Waals surface area contributed by atoms with E-state index in [1.807, 2.05) is 6.07 Å². The molecule has 2 aromatic heterocycles. The van der Waals surface area contributed by atoms with Gasteiger partial charge in [0.1, 0.15) is 23.1 Å². The molecule has 2 aromatic carbocycles. The van der Waals surface area contributed by atoms with Crippen LogP contribution in [0.4, 0.5) is 8.78 Å². The molecule has 1 aliphatic heterocycles. The van der Waals surface area contributed by atoms with Crippen LogP contribution >= 0.6 is 0 Å². The SMILES string of the molecule is O=C(c1cc(-c2ccccc2F)no1)N1CCCC(c2ncc(Cc3cccc(F)c3)o2)C1. The van der Waals surface area contributed by atoms with Crippen LogP contribution in [0.15, 0.2) is 69.7 Å². The lowest BCUT2D eigenvalue weighted by Gasteiger charge is -2.30. The summed E-state index contributed by atoms with van der Waals surface area (Å²) < 4.78 is 38.6. The number of hydrogen-bond donors (Lipinski definition) is 0. The van der Waals surface area contributed by atoms with E-state index >= 15 is 0 Å². The lowest BCUT2D eigenvalue weighted by molar-refractivity contribution is 0.0656. The molecule has 0 radical (unpaired) electrons. The third-order valence-electron chi connectivity index (χ3n) is 5.77. The van der Waals surface area contributed by atoms with Crippen molar-refractivity contribution in [2.45, 2.75) is 25.2 Å². The number of carbonyl (C=O) groups is 1. The molecule has 8 heteroatoms. The van der Waals surface area contributed by atoms with Gasteiger partial charge in [-0.2, -0.15) is 0 Å². The van der Waals surface area contributed by atoms with Crippen LogP contribution < -0.4 is 0 Å². The van der Waals surface area contributed by atoms with Crippen LogP contribution in [0.2, 0.25) is 0 Å². The van der Waals surface area contributed by atoms with E-state index in [4.69, 9.17) is 8.94 Å². The number of aromatic nitrogens is 2. The van der Waals surface area contributed by atoms with Crippen molar-refractivity contribution in [1.82, 2.24) is 15.0 Å². The highest BCUT2D eigenvalue weighted by Gasteiger charge is 2.30. The largest absolute Gasteiger partial charge is 0.445 e. The van der Waals surface area contributed by atoms with E-state index in [1.165, 1.54) is 24.3 Å². The quantitative estimate of drug-likeness (QED) is 0.418. The lowest BCUT2D eigenvalue weighted by Crippen LogP contribution is -2.39. The molecule has 1 unspecified atom stereocenters. The molecule has 0 spiro atoms. The Balaban J connectivity index is 1.27. The van der Waals surface area contributed by atoms with Crippen molar-refractivity contribution in [3.63, 3.8) is 0 Å². The maximum atomic E-state index is 14.0. The number of benzene rings is 2. The number of carbonyl (C=O) groups excluding carboxylic acids is 1. The van der Waals surface area contributed by atoms with Crippen molar-refractivity contribution in [3.05, 3.63) is 95.4 Å². The van der Waals surface area contributed by atoms with Gasteiger partial charge in [-0.3, -0.25) is 4.79 Å². The van der Waals surface area contributed by atoms with Crippen molar-refractivity contribution in [3.8, 4) is 11.3 Å². The Kier molecular flexibility index (Phi) is 5.73. The molecule has 1 amide bonds. The topological polar surface area (TPSA) is 72.4 Å². The van der Waals surface area contributed by atoms with Crippen molar-refractivity contribution in [2.24, 2.45) is 0 Å². The van der Waals surface area contributed by atoms with Gasteiger partial charge in [-0.1, -0.05) is 29.4 Å². The summed E-state index contributed by atoms with van der Waals surface area (Å²) in [5, 5.41) is 3.87. The zero-order chi connectivity index (χ0) is 22.8. The summed E-state index contributed by atoms with van der Waals surface area (Å²) in [6.45, 7) is 0.996. The molecule has 0 bridgehead atoms. The maximum Gasteiger partial charge on any atom is 0.292 e. The summed E-state index contributed by atoms with van der Waals surface area (Å²) >= 11 is 0. The Morgan fingerprint density at radius 2 is 2.00 bits per heavy atom. The molecule has 0 N–H and O–H groups in total. The summed E-state index contributed by atoms with van der Waals surface area (Å²) in [5.74, 6) is 0.180. The minimum atomic E-state index is -0.430. The number of rotatable bonds is 5. The van der Waals surface area contributed by atoms with Gasteiger partial charge in [0.2, 0.25) is 5.76 Å². The summed E-state index contributed by atoms with van der Waals surface area (Å²) in [4.78, 5) is 19.1. The summed E-state index contributed by atoms with van der Waals surface area (Å²) in [6.07, 6.45) is 3.71. The molecule has 0 saturated carbocycles. The fourth-order valence-electron chi connectivity index (χ4n) is 4.13. The van der Waals surface area contributed by atoms with Gasteiger partial charge < -0.3 is 13.8 Å². The molecule has 33 heavy (non-hydrogen) atoms. The van der Waals surface area contributed by atoms with Crippen molar-refractivity contribution in [2.75, 3.05) is 13.1 Å². The third kappa shape index (κ3) is 4.55. The van der Waals surface area contributed by atoms with Crippen molar-refractivity contribution >= 4 is 5.91 Å². The first-order chi connectivity index (χ1) is 16.1. The fraction of sp³-hybridized carbons (Fsp3) is 0.240. The summed E-state index contributed by atoms with van der Waals surface area (Å²) in [7, 11) is 0. The highest BCUT2D eigenvalue weighted by molar-refractivity contribution is 5.92. The van der Waals surface area contributed by atoms with Crippen LogP contribution in [0.1, 0.15) is 46.5 Å². The number of piperidine rings is 1. The van der Waals surface area contributed by atoms with Gasteiger partial charge in [0.05, 0.1) is 12.1 Å². The number of hydrogen-bond acceptors (Lipinski definition) is 5. The van der Waals surface area contributed by atoms with Crippen molar-refractivity contribution in [1.29, 1.82) is 0 Å². The third-order valence-corrected chi connectivity index (χ3v) is 5.77. The molecule has 6 nitrogen and oxygen atoms in total. The highest BCUT2D eigenvalue weighted by Crippen LogP contribution is 2.29. The first-order valence-electron chi connectivity index (χ1n) is 10.8. The summed E-state index contributed by atoms with van der Waals surface area (Å²) in [6, 6.07) is 14.0. The van der Waals surface area contributed by atoms with Gasteiger partial charge in [0.15, 0.2) is 5.89 Å². The molecule has 1 fully saturated rings. The minimum Gasteiger partial charge on any atom is -0.445 e. The van der Waals surface area contributed by atoms with E-state index < -0.39 is 5.82 Å².